The highest BCUT2D eigenvalue weighted by molar-refractivity contribution is 5.18. The topological polar surface area (TPSA) is 12.5 Å². The maximum atomic E-state index is 5.49. The van der Waals surface area contributed by atoms with Gasteiger partial charge in [-0.15, -0.1) is 0 Å². The summed E-state index contributed by atoms with van der Waals surface area (Å²) in [4.78, 5) is 2.50. The average molecular weight is 167 g/mol. The van der Waals surface area contributed by atoms with Gasteiger partial charge in [-0.3, -0.25) is 4.90 Å². The van der Waals surface area contributed by atoms with E-state index < -0.39 is 0 Å². The van der Waals surface area contributed by atoms with Crippen LogP contribution in [0, 0.1) is 0 Å². The predicted octanol–water partition coefficient (Wildman–Crippen LogP) is 1.43. The molecule has 0 amide bonds. The third-order valence-electron chi connectivity index (χ3n) is 3.38. The zero-order chi connectivity index (χ0) is 8.77. The molecule has 2 atom stereocenters. The Morgan fingerprint density at radius 3 is 3.08 bits per heavy atom. The summed E-state index contributed by atoms with van der Waals surface area (Å²) in [6.45, 7) is 8.61. The van der Waals surface area contributed by atoms with E-state index in [9.17, 15) is 0 Å². The lowest BCUT2D eigenvalue weighted by Gasteiger charge is -2.31. The summed E-state index contributed by atoms with van der Waals surface area (Å²) < 4.78 is 5.49. The zero-order valence-corrected chi connectivity index (χ0v) is 7.97. The van der Waals surface area contributed by atoms with Gasteiger partial charge in [-0.25, -0.2) is 0 Å². The summed E-state index contributed by atoms with van der Waals surface area (Å²) in [7, 11) is 1.82. The number of methoxy groups -OCH3 is 1. The van der Waals surface area contributed by atoms with E-state index in [0.29, 0.717) is 6.10 Å². The highest BCUT2D eigenvalue weighted by Crippen LogP contribution is 2.41. The van der Waals surface area contributed by atoms with Gasteiger partial charge in [0.1, 0.15) is 0 Å². The molecule has 0 spiro atoms. The van der Waals surface area contributed by atoms with E-state index in [4.69, 9.17) is 4.74 Å². The molecule has 0 aromatic heterocycles. The smallest absolute Gasteiger partial charge is 0.0767 e. The Bertz CT molecular complexity index is 214. The van der Waals surface area contributed by atoms with E-state index in [1.165, 1.54) is 18.5 Å². The standard InChI is InChI=1S/C10H17NO/c1-8-6-10(2)9(12-3)4-5-11(10)7-8/h9H,1,4-7H2,2-3H3/t9-,10-/m1/s1. The van der Waals surface area contributed by atoms with Crippen molar-refractivity contribution in [3.05, 3.63) is 12.2 Å². The van der Waals surface area contributed by atoms with E-state index in [-0.39, 0.29) is 5.54 Å². The lowest BCUT2D eigenvalue weighted by atomic mass is 9.92. The minimum atomic E-state index is 0.256. The van der Waals surface area contributed by atoms with E-state index in [1.54, 1.807) is 0 Å². The molecule has 12 heavy (non-hydrogen) atoms. The van der Waals surface area contributed by atoms with Crippen molar-refractivity contribution >= 4 is 0 Å². The summed E-state index contributed by atoms with van der Waals surface area (Å²) in [5.41, 5.74) is 1.62. The molecule has 0 N–H and O–H groups in total. The van der Waals surface area contributed by atoms with Crippen molar-refractivity contribution in [2.45, 2.75) is 31.4 Å². The Morgan fingerprint density at radius 2 is 2.42 bits per heavy atom. The molecular weight excluding hydrogens is 150 g/mol. The van der Waals surface area contributed by atoms with E-state index in [2.05, 4.69) is 18.4 Å². The minimum absolute atomic E-state index is 0.256. The van der Waals surface area contributed by atoms with Crippen molar-refractivity contribution in [3.63, 3.8) is 0 Å². The van der Waals surface area contributed by atoms with Crippen LogP contribution in [0.4, 0.5) is 0 Å². The summed E-state index contributed by atoms with van der Waals surface area (Å²) in [5, 5.41) is 0. The Labute approximate surface area is 74.2 Å². The molecule has 0 bridgehead atoms. The van der Waals surface area contributed by atoms with Gasteiger partial charge in [0, 0.05) is 25.7 Å². The molecule has 2 aliphatic rings. The number of hydrogen-bond acceptors (Lipinski definition) is 2. The Balaban J connectivity index is 2.21. The molecule has 68 valence electrons. The fourth-order valence-electron chi connectivity index (χ4n) is 2.73. The number of rotatable bonds is 1. The number of ether oxygens (including phenoxy) is 1. The van der Waals surface area contributed by atoms with Crippen molar-refractivity contribution < 1.29 is 4.74 Å². The van der Waals surface area contributed by atoms with Gasteiger partial charge in [0.05, 0.1) is 6.10 Å². The molecule has 0 aromatic rings. The molecule has 2 nitrogen and oxygen atoms in total. The van der Waals surface area contributed by atoms with Crippen LogP contribution in [0.15, 0.2) is 12.2 Å². The fourth-order valence-corrected chi connectivity index (χ4v) is 2.73. The first-order chi connectivity index (χ1) is 5.66. The highest BCUT2D eigenvalue weighted by Gasteiger charge is 2.49. The molecule has 2 saturated heterocycles. The van der Waals surface area contributed by atoms with E-state index in [0.717, 1.165) is 13.0 Å². The molecule has 0 aliphatic carbocycles. The molecule has 0 saturated carbocycles. The lowest BCUT2D eigenvalue weighted by molar-refractivity contribution is 0.0270. The Kier molecular flexibility index (Phi) is 1.77. The Hall–Kier alpha value is -0.340. The second-order valence-electron chi connectivity index (χ2n) is 4.22. The van der Waals surface area contributed by atoms with Gasteiger partial charge in [-0.1, -0.05) is 12.2 Å². The normalized spacial score (nSPS) is 42.2. The van der Waals surface area contributed by atoms with Crippen molar-refractivity contribution in [1.29, 1.82) is 0 Å². The van der Waals surface area contributed by atoms with Gasteiger partial charge in [-0.2, -0.15) is 0 Å². The highest BCUT2D eigenvalue weighted by atomic mass is 16.5. The number of hydrogen-bond donors (Lipinski definition) is 0. The van der Waals surface area contributed by atoms with Crippen LogP contribution in [-0.4, -0.2) is 36.7 Å². The summed E-state index contributed by atoms with van der Waals surface area (Å²) >= 11 is 0. The summed E-state index contributed by atoms with van der Waals surface area (Å²) in [5.74, 6) is 0. The maximum Gasteiger partial charge on any atom is 0.0767 e. The molecular formula is C10H17NO. The van der Waals surface area contributed by atoms with Gasteiger partial charge in [0.15, 0.2) is 0 Å². The third-order valence-corrected chi connectivity index (χ3v) is 3.38. The molecule has 2 fully saturated rings. The van der Waals surface area contributed by atoms with Gasteiger partial charge in [0.25, 0.3) is 0 Å². The molecule has 0 radical (unpaired) electrons. The lowest BCUT2D eigenvalue weighted by Crippen LogP contribution is -2.43. The summed E-state index contributed by atoms with van der Waals surface area (Å²) in [6.07, 6.45) is 2.71. The Morgan fingerprint density at radius 1 is 1.67 bits per heavy atom. The molecule has 2 rings (SSSR count). The zero-order valence-electron chi connectivity index (χ0n) is 7.97. The first-order valence-corrected chi connectivity index (χ1v) is 4.61. The van der Waals surface area contributed by atoms with Crippen LogP contribution in [0.2, 0.25) is 0 Å². The second-order valence-corrected chi connectivity index (χ2v) is 4.22. The average Bonchev–Trinajstić information content (AvgIpc) is 2.41. The van der Waals surface area contributed by atoms with Crippen LogP contribution in [0.1, 0.15) is 19.8 Å². The molecule has 2 aliphatic heterocycles. The van der Waals surface area contributed by atoms with Gasteiger partial charge in [-0.05, 0) is 19.8 Å². The monoisotopic (exact) mass is 167 g/mol. The molecule has 2 heteroatoms. The van der Waals surface area contributed by atoms with E-state index in [1.807, 2.05) is 7.11 Å². The van der Waals surface area contributed by atoms with Gasteiger partial charge < -0.3 is 4.74 Å². The van der Waals surface area contributed by atoms with Crippen LogP contribution in [-0.2, 0) is 4.74 Å². The SMILES string of the molecule is C=C1CN2CC[C@@H](OC)[C@@]2(C)C1. The van der Waals surface area contributed by atoms with Crippen molar-refractivity contribution in [1.82, 2.24) is 4.90 Å². The number of nitrogens with zero attached hydrogens (tertiary/aromatic N) is 1. The van der Waals surface area contributed by atoms with Crippen molar-refractivity contribution in [2.24, 2.45) is 0 Å². The van der Waals surface area contributed by atoms with Crippen molar-refractivity contribution in [2.75, 3.05) is 20.2 Å². The van der Waals surface area contributed by atoms with Crippen LogP contribution in [0.5, 0.6) is 0 Å². The number of fused-ring (bicyclic) bond motifs is 1. The van der Waals surface area contributed by atoms with E-state index >= 15 is 0 Å². The van der Waals surface area contributed by atoms with Gasteiger partial charge in [0.2, 0.25) is 0 Å². The van der Waals surface area contributed by atoms with Crippen LogP contribution >= 0.6 is 0 Å². The fraction of sp³-hybridized carbons (Fsp3) is 0.800. The largest absolute Gasteiger partial charge is 0.379 e. The molecule has 0 aromatic carbocycles. The minimum Gasteiger partial charge on any atom is -0.379 e. The predicted molar refractivity (Wildman–Crippen MR) is 49.1 cm³/mol. The third kappa shape index (κ3) is 0.947. The first kappa shape index (κ1) is 8.27. The second kappa shape index (κ2) is 2.57. The quantitative estimate of drug-likeness (QED) is 0.548. The van der Waals surface area contributed by atoms with Crippen LogP contribution in [0.25, 0.3) is 0 Å². The van der Waals surface area contributed by atoms with Crippen molar-refractivity contribution in [3.8, 4) is 0 Å². The van der Waals surface area contributed by atoms with Crippen LogP contribution in [0.3, 0.4) is 0 Å². The van der Waals surface area contributed by atoms with Gasteiger partial charge >= 0.3 is 0 Å². The first-order valence-electron chi connectivity index (χ1n) is 4.61. The molecule has 2 heterocycles. The maximum absolute atomic E-state index is 5.49. The summed E-state index contributed by atoms with van der Waals surface area (Å²) in [6, 6.07) is 0. The van der Waals surface area contributed by atoms with Crippen LogP contribution < -0.4 is 0 Å². The molecule has 0 unspecified atom stereocenters.